The minimum Gasteiger partial charge on any atom is -0.422 e. The summed E-state index contributed by atoms with van der Waals surface area (Å²) >= 11 is 0. The van der Waals surface area contributed by atoms with Gasteiger partial charge in [0.1, 0.15) is 5.75 Å². The summed E-state index contributed by atoms with van der Waals surface area (Å²) in [5.41, 5.74) is 3.52. The monoisotopic (exact) mass is 299 g/mol. The largest absolute Gasteiger partial charge is 0.422 e. The molecule has 5 nitrogen and oxygen atoms in total. The highest BCUT2D eigenvalue weighted by molar-refractivity contribution is 5.92. The number of aryl methyl sites for hydroxylation is 3. The molecule has 0 aliphatic carbocycles. The predicted octanol–water partition coefficient (Wildman–Crippen LogP) is 4.05. The van der Waals surface area contributed by atoms with Gasteiger partial charge in [-0.3, -0.25) is 10.1 Å². The Hall–Kier alpha value is -2.69. The van der Waals surface area contributed by atoms with Gasteiger partial charge in [0, 0.05) is 11.6 Å². The van der Waals surface area contributed by atoms with Crippen LogP contribution in [-0.4, -0.2) is 10.9 Å². The van der Waals surface area contributed by atoms with Crippen molar-refractivity contribution in [2.75, 3.05) is 0 Å². The smallest absolute Gasteiger partial charge is 0.343 e. The number of nitro benzene ring substituents is 1. The van der Waals surface area contributed by atoms with Crippen LogP contribution in [0.25, 0.3) is 0 Å². The van der Waals surface area contributed by atoms with Crippen LogP contribution in [0.1, 0.15) is 32.6 Å². The van der Waals surface area contributed by atoms with Gasteiger partial charge in [0.05, 0.1) is 10.5 Å². The SMILES string of the molecule is Cc1cc(C(=O)Oc2c(C)ccc(C)c2C)ccc1[N+](=O)[O-]. The number of carbonyl (C=O) groups excluding carboxylic acids is 1. The number of benzene rings is 2. The van der Waals surface area contributed by atoms with Gasteiger partial charge < -0.3 is 4.74 Å². The maximum atomic E-state index is 12.3. The Labute approximate surface area is 128 Å². The average Bonchev–Trinajstić information content (AvgIpc) is 2.47. The van der Waals surface area contributed by atoms with E-state index in [1.165, 1.54) is 18.2 Å². The maximum absolute atomic E-state index is 12.3. The average molecular weight is 299 g/mol. The van der Waals surface area contributed by atoms with E-state index in [1.54, 1.807) is 6.92 Å². The molecule has 0 radical (unpaired) electrons. The van der Waals surface area contributed by atoms with Crippen molar-refractivity contribution in [2.24, 2.45) is 0 Å². The van der Waals surface area contributed by atoms with Crippen molar-refractivity contribution < 1.29 is 14.5 Å². The number of rotatable bonds is 3. The van der Waals surface area contributed by atoms with Crippen LogP contribution in [-0.2, 0) is 0 Å². The molecule has 0 heterocycles. The summed E-state index contributed by atoms with van der Waals surface area (Å²) < 4.78 is 5.49. The van der Waals surface area contributed by atoms with E-state index < -0.39 is 10.9 Å². The van der Waals surface area contributed by atoms with Crippen molar-refractivity contribution in [3.63, 3.8) is 0 Å². The van der Waals surface area contributed by atoms with E-state index in [4.69, 9.17) is 4.74 Å². The molecule has 114 valence electrons. The number of nitrogens with zero attached hydrogens (tertiary/aromatic N) is 1. The van der Waals surface area contributed by atoms with Gasteiger partial charge in [-0.2, -0.15) is 0 Å². The lowest BCUT2D eigenvalue weighted by molar-refractivity contribution is -0.385. The lowest BCUT2D eigenvalue weighted by Crippen LogP contribution is -2.11. The van der Waals surface area contributed by atoms with Gasteiger partial charge in [-0.15, -0.1) is 0 Å². The molecule has 0 aliphatic rings. The first-order chi connectivity index (χ1) is 10.3. The summed E-state index contributed by atoms with van der Waals surface area (Å²) in [5, 5.41) is 10.8. The van der Waals surface area contributed by atoms with Gasteiger partial charge in [0.25, 0.3) is 5.69 Å². The molecule has 2 aromatic carbocycles. The minimum atomic E-state index is -0.519. The fraction of sp³-hybridized carbons (Fsp3) is 0.235. The lowest BCUT2D eigenvalue weighted by atomic mass is 10.1. The van der Waals surface area contributed by atoms with E-state index in [0.29, 0.717) is 16.9 Å². The van der Waals surface area contributed by atoms with Crippen LogP contribution in [0.3, 0.4) is 0 Å². The molecule has 0 unspecified atom stereocenters. The topological polar surface area (TPSA) is 69.4 Å². The minimum absolute atomic E-state index is 0.0144. The summed E-state index contributed by atoms with van der Waals surface area (Å²) in [7, 11) is 0. The molecule has 0 aliphatic heterocycles. The predicted molar refractivity (Wildman–Crippen MR) is 83.4 cm³/mol. The Balaban J connectivity index is 2.33. The fourth-order valence-corrected chi connectivity index (χ4v) is 2.22. The van der Waals surface area contributed by atoms with Gasteiger partial charge >= 0.3 is 5.97 Å². The Morgan fingerprint density at radius 1 is 1.00 bits per heavy atom. The summed E-state index contributed by atoms with van der Waals surface area (Å²) in [6.07, 6.45) is 0. The molecular formula is C17H17NO4. The summed E-state index contributed by atoms with van der Waals surface area (Å²) in [6, 6.07) is 8.07. The second kappa shape index (κ2) is 5.97. The number of ether oxygens (including phenoxy) is 1. The van der Waals surface area contributed by atoms with Gasteiger partial charge in [-0.25, -0.2) is 4.79 Å². The molecule has 0 bridgehead atoms. The number of hydrogen-bond acceptors (Lipinski definition) is 4. The van der Waals surface area contributed by atoms with E-state index in [-0.39, 0.29) is 5.69 Å². The summed E-state index contributed by atoms with van der Waals surface area (Å²) in [5.74, 6) is 0.0239. The summed E-state index contributed by atoms with van der Waals surface area (Å²) in [4.78, 5) is 22.6. The molecule has 0 saturated carbocycles. The van der Waals surface area contributed by atoms with Crippen LogP contribution in [0, 0.1) is 37.8 Å². The van der Waals surface area contributed by atoms with Gasteiger partial charge in [-0.05, 0) is 56.5 Å². The van der Waals surface area contributed by atoms with Crippen LogP contribution >= 0.6 is 0 Å². The summed E-state index contributed by atoms with van der Waals surface area (Å²) in [6.45, 7) is 7.31. The first-order valence-corrected chi connectivity index (χ1v) is 6.85. The van der Waals surface area contributed by atoms with E-state index in [9.17, 15) is 14.9 Å². The number of carbonyl (C=O) groups is 1. The van der Waals surface area contributed by atoms with Crippen molar-refractivity contribution in [1.82, 2.24) is 0 Å². The van der Waals surface area contributed by atoms with Crippen LogP contribution in [0.4, 0.5) is 5.69 Å². The van der Waals surface area contributed by atoms with Gasteiger partial charge in [0.2, 0.25) is 0 Å². The Morgan fingerprint density at radius 2 is 1.64 bits per heavy atom. The third kappa shape index (κ3) is 2.98. The van der Waals surface area contributed by atoms with E-state index >= 15 is 0 Å². The number of nitro groups is 1. The molecule has 0 fully saturated rings. The molecule has 0 aromatic heterocycles. The van der Waals surface area contributed by atoms with E-state index in [0.717, 1.165) is 16.7 Å². The first-order valence-electron chi connectivity index (χ1n) is 6.85. The fourth-order valence-electron chi connectivity index (χ4n) is 2.22. The molecule has 2 rings (SSSR count). The molecule has 2 aromatic rings. The van der Waals surface area contributed by atoms with E-state index in [2.05, 4.69) is 0 Å². The first kappa shape index (κ1) is 15.7. The molecule has 0 spiro atoms. The molecule has 0 amide bonds. The third-order valence-electron chi connectivity index (χ3n) is 3.70. The Morgan fingerprint density at radius 3 is 2.23 bits per heavy atom. The van der Waals surface area contributed by atoms with Crippen molar-refractivity contribution in [3.8, 4) is 5.75 Å². The number of hydrogen-bond donors (Lipinski definition) is 0. The molecule has 0 saturated heterocycles. The van der Waals surface area contributed by atoms with E-state index in [1.807, 2.05) is 32.9 Å². The highest BCUT2D eigenvalue weighted by Gasteiger charge is 2.17. The van der Waals surface area contributed by atoms with Gasteiger partial charge in [0.15, 0.2) is 0 Å². The van der Waals surface area contributed by atoms with Crippen molar-refractivity contribution >= 4 is 11.7 Å². The highest BCUT2D eigenvalue weighted by Crippen LogP contribution is 2.27. The van der Waals surface area contributed by atoms with Crippen LogP contribution in [0.5, 0.6) is 5.75 Å². The van der Waals surface area contributed by atoms with Crippen molar-refractivity contribution in [1.29, 1.82) is 0 Å². The number of esters is 1. The Kier molecular flexibility index (Phi) is 4.26. The van der Waals surface area contributed by atoms with Crippen LogP contribution in [0.15, 0.2) is 30.3 Å². The zero-order valence-electron chi connectivity index (χ0n) is 13.0. The molecule has 0 atom stereocenters. The van der Waals surface area contributed by atoms with Gasteiger partial charge in [-0.1, -0.05) is 12.1 Å². The molecule has 0 N–H and O–H groups in total. The quantitative estimate of drug-likeness (QED) is 0.371. The zero-order chi connectivity index (χ0) is 16.4. The molecule has 5 heteroatoms. The zero-order valence-corrected chi connectivity index (χ0v) is 13.0. The maximum Gasteiger partial charge on any atom is 0.343 e. The van der Waals surface area contributed by atoms with Crippen molar-refractivity contribution in [3.05, 3.63) is 68.3 Å². The highest BCUT2D eigenvalue weighted by atomic mass is 16.6. The standard InChI is InChI=1S/C17H17NO4/c1-10-5-6-11(2)16(13(10)4)22-17(19)14-7-8-15(18(20)21)12(3)9-14/h5-9H,1-4H3. The second-order valence-corrected chi connectivity index (χ2v) is 5.30. The normalized spacial score (nSPS) is 10.4. The Bertz CT molecular complexity index is 765. The lowest BCUT2D eigenvalue weighted by Gasteiger charge is -2.12. The second-order valence-electron chi connectivity index (χ2n) is 5.30. The van der Waals surface area contributed by atoms with Crippen molar-refractivity contribution in [2.45, 2.75) is 27.7 Å². The molecule has 22 heavy (non-hydrogen) atoms. The third-order valence-corrected chi connectivity index (χ3v) is 3.70. The molecular weight excluding hydrogens is 282 g/mol. The van der Waals surface area contributed by atoms with Crippen LogP contribution < -0.4 is 4.74 Å². The van der Waals surface area contributed by atoms with Crippen LogP contribution in [0.2, 0.25) is 0 Å².